The summed E-state index contributed by atoms with van der Waals surface area (Å²) in [7, 11) is 0. The second-order valence-electron chi connectivity index (χ2n) is 7.54. The number of furan rings is 1. The van der Waals surface area contributed by atoms with Crippen LogP contribution in [0, 0.1) is 0 Å². The molecule has 0 atom stereocenters. The maximum atomic E-state index is 13.2. The monoisotopic (exact) mass is 435 g/mol. The lowest BCUT2D eigenvalue weighted by atomic mass is 10.0. The minimum atomic E-state index is -4.48. The first-order valence-electron chi connectivity index (χ1n) is 9.86. The van der Waals surface area contributed by atoms with Gasteiger partial charge in [0.05, 0.1) is 11.1 Å². The van der Waals surface area contributed by atoms with Crippen molar-refractivity contribution in [3.63, 3.8) is 0 Å². The van der Waals surface area contributed by atoms with Crippen LogP contribution in [0.3, 0.4) is 0 Å². The number of rotatable bonds is 6. The van der Waals surface area contributed by atoms with Crippen LogP contribution in [0.25, 0.3) is 22.5 Å². The number of aryl methyl sites for hydroxylation is 1. The van der Waals surface area contributed by atoms with Crippen LogP contribution in [0.1, 0.15) is 37.3 Å². The van der Waals surface area contributed by atoms with E-state index in [0.29, 0.717) is 10.6 Å². The van der Waals surface area contributed by atoms with E-state index in [-0.39, 0.29) is 34.6 Å². The Morgan fingerprint density at radius 1 is 1.13 bits per heavy atom. The van der Waals surface area contributed by atoms with Crippen molar-refractivity contribution >= 4 is 17.5 Å². The van der Waals surface area contributed by atoms with E-state index in [2.05, 4.69) is 5.32 Å². The number of anilines is 1. The second kappa shape index (κ2) is 7.91. The first kappa shape index (κ1) is 20.7. The molecule has 0 bridgehead atoms. The molecular weight excluding hydrogens is 415 g/mol. The predicted octanol–water partition coefficient (Wildman–Crippen LogP) is 7.52. The zero-order valence-electron chi connectivity index (χ0n) is 16.3. The van der Waals surface area contributed by atoms with E-state index >= 15 is 0 Å². The molecule has 3 nitrogen and oxygen atoms in total. The SMILES string of the molecule is CCCc1cc(-c2oc(NC3CC3)c(-c3cccc(C(F)(F)F)c3)c2O)ccc1Cl. The quantitative estimate of drug-likeness (QED) is 0.421. The Labute approximate surface area is 177 Å². The van der Waals surface area contributed by atoms with Gasteiger partial charge in [-0.05, 0) is 60.7 Å². The molecule has 1 aliphatic rings. The van der Waals surface area contributed by atoms with Crippen LogP contribution >= 0.6 is 11.6 Å². The molecule has 1 aromatic heterocycles. The lowest BCUT2D eigenvalue weighted by molar-refractivity contribution is -0.137. The van der Waals surface area contributed by atoms with Crippen molar-refractivity contribution in [3.8, 4) is 28.2 Å². The Balaban J connectivity index is 1.84. The van der Waals surface area contributed by atoms with Gasteiger partial charge < -0.3 is 14.8 Å². The minimum absolute atomic E-state index is 0.189. The zero-order chi connectivity index (χ0) is 21.5. The van der Waals surface area contributed by atoms with Crippen molar-refractivity contribution in [2.75, 3.05) is 5.32 Å². The highest BCUT2D eigenvalue weighted by atomic mass is 35.5. The summed E-state index contributed by atoms with van der Waals surface area (Å²) < 4.78 is 45.6. The zero-order valence-corrected chi connectivity index (χ0v) is 17.1. The van der Waals surface area contributed by atoms with Gasteiger partial charge in [-0.15, -0.1) is 0 Å². The lowest BCUT2D eigenvalue weighted by Crippen LogP contribution is -2.05. The Bertz CT molecular complexity index is 1070. The number of aromatic hydroxyl groups is 1. The summed E-state index contributed by atoms with van der Waals surface area (Å²) in [6.07, 6.45) is -0.923. The van der Waals surface area contributed by atoms with Crippen LogP contribution in [-0.2, 0) is 12.6 Å². The summed E-state index contributed by atoms with van der Waals surface area (Å²) >= 11 is 6.26. The number of halogens is 4. The van der Waals surface area contributed by atoms with E-state index in [1.54, 1.807) is 12.1 Å². The van der Waals surface area contributed by atoms with Gasteiger partial charge >= 0.3 is 6.18 Å². The van der Waals surface area contributed by atoms with Gasteiger partial charge in [0.15, 0.2) is 11.5 Å². The summed E-state index contributed by atoms with van der Waals surface area (Å²) in [6, 6.07) is 10.4. The predicted molar refractivity (Wildman–Crippen MR) is 112 cm³/mol. The fourth-order valence-electron chi connectivity index (χ4n) is 3.43. The van der Waals surface area contributed by atoms with Crippen LogP contribution in [0.15, 0.2) is 46.9 Å². The molecule has 1 heterocycles. The van der Waals surface area contributed by atoms with Crippen molar-refractivity contribution in [1.82, 2.24) is 0 Å². The lowest BCUT2D eigenvalue weighted by Gasteiger charge is -2.09. The minimum Gasteiger partial charge on any atom is -0.504 e. The molecule has 7 heteroatoms. The second-order valence-corrected chi connectivity index (χ2v) is 7.94. The Morgan fingerprint density at radius 3 is 2.57 bits per heavy atom. The van der Waals surface area contributed by atoms with Crippen molar-refractivity contribution in [1.29, 1.82) is 0 Å². The van der Waals surface area contributed by atoms with Gasteiger partial charge in [0.2, 0.25) is 5.88 Å². The van der Waals surface area contributed by atoms with Crippen molar-refractivity contribution in [3.05, 3.63) is 58.6 Å². The van der Waals surface area contributed by atoms with Crippen LogP contribution in [0.4, 0.5) is 19.1 Å². The summed E-state index contributed by atoms with van der Waals surface area (Å²) in [4.78, 5) is 0. The van der Waals surface area contributed by atoms with Crippen molar-refractivity contribution < 1.29 is 22.7 Å². The first-order valence-corrected chi connectivity index (χ1v) is 10.2. The molecule has 0 saturated heterocycles. The molecule has 158 valence electrons. The molecule has 1 fully saturated rings. The van der Waals surface area contributed by atoms with E-state index in [9.17, 15) is 18.3 Å². The molecule has 2 N–H and O–H groups in total. The van der Waals surface area contributed by atoms with Crippen molar-refractivity contribution in [2.45, 2.75) is 44.8 Å². The average molecular weight is 436 g/mol. The average Bonchev–Trinajstić information content (AvgIpc) is 3.45. The molecule has 30 heavy (non-hydrogen) atoms. The van der Waals surface area contributed by atoms with Crippen LogP contribution in [0.5, 0.6) is 5.75 Å². The topological polar surface area (TPSA) is 45.4 Å². The fraction of sp³-hybridized carbons (Fsp3) is 0.304. The smallest absolute Gasteiger partial charge is 0.416 e. The Morgan fingerprint density at radius 2 is 1.90 bits per heavy atom. The standard InChI is InChI=1S/C23H21ClF3NO2/c1-2-4-13-11-15(7-10-18(13)24)21-20(29)19(22(30-21)28-17-8-9-17)14-5-3-6-16(12-14)23(25,26)27/h3,5-7,10-12,17,28-29H,2,4,8-9H2,1H3. The molecule has 0 spiro atoms. The Hall–Kier alpha value is -2.60. The molecule has 4 rings (SSSR count). The summed E-state index contributed by atoms with van der Waals surface area (Å²) in [5, 5.41) is 14.8. The highest BCUT2D eigenvalue weighted by Gasteiger charge is 2.33. The third-order valence-electron chi connectivity index (χ3n) is 5.10. The number of hydrogen-bond acceptors (Lipinski definition) is 3. The highest BCUT2D eigenvalue weighted by Crippen LogP contribution is 2.48. The van der Waals surface area contributed by atoms with E-state index in [0.717, 1.165) is 43.4 Å². The molecule has 0 unspecified atom stereocenters. The summed E-state index contributed by atoms with van der Waals surface area (Å²) in [6.45, 7) is 2.04. The van der Waals surface area contributed by atoms with Gasteiger partial charge in [0.25, 0.3) is 0 Å². The number of benzene rings is 2. The normalized spacial score (nSPS) is 14.2. The third kappa shape index (κ3) is 4.15. The number of alkyl halides is 3. The maximum absolute atomic E-state index is 13.2. The fourth-order valence-corrected chi connectivity index (χ4v) is 3.64. The van der Waals surface area contributed by atoms with Gasteiger partial charge in [-0.25, -0.2) is 0 Å². The van der Waals surface area contributed by atoms with Gasteiger partial charge in [-0.2, -0.15) is 13.2 Å². The van der Waals surface area contributed by atoms with E-state index in [1.807, 2.05) is 13.0 Å². The van der Waals surface area contributed by atoms with Gasteiger partial charge in [0.1, 0.15) is 0 Å². The Kier molecular flexibility index (Phi) is 5.45. The van der Waals surface area contributed by atoms with Crippen LogP contribution < -0.4 is 5.32 Å². The first-order chi connectivity index (χ1) is 14.3. The maximum Gasteiger partial charge on any atom is 0.416 e. The molecule has 0 aliphatic heterocycles. The van der Waals surface area contributed by atoms with E-state index in [4.69, 9.17) is 16.0 Å². The van der Waals surface area contributed by atoms with E-state index < -0.39 is 11.7 Å². The summed E-state index contributed by atoms with van der Waals surface area (Å²) in [5.41, 5.74) is 1.23. The van der Waals surface area contributed by atoms with Crippen LogP contribution in [0.2, 0.25) is 5.02 Å². The van der Waals surface area contributed by atoms with Gasteiger partial charge in [0, 0.05) is 16.6 Å². The third-order valence-corrected chi connectivity index (χ3v) is 5.47. The molecule has 0 amide bonds. The number of nitrogens with one attached hydrogen (secondary N) is 1. The molecule has 1 aliphatic carbocycles. The van der Waals surface area contributed by atoms with Crippen molar-refractivity contribution in [2.24, 2.45) is 0 Å². The van der Waals surface area contributed by atoms with Crippen LogP contribution in [-0.4, -0.2) is 11.1 Å². The van der Waals surface area contributed by atoms with Gasteiger partial charge in [-0.1, -0.05) is 37.1 Å². The molecule has 0 radical (unpaired) electrons. The number of hydrogen-bond donors (Lipinski definition) is 2. The molecular formula is C23H21ClF3NO2. The molecule has 1 saturated carbocycles. The largest absolute Gasteiger partial charge is 0.504 e. The molecule has 3 aromatic rings. The summed E-state index contributed by atoms with van der Waals surface area (Å²) in [5.74, 6) is 0.290. The molecule has 2 aromatic carbocycles. The van der Waals surface area contributed by atoms with E-state index in [1.165, 1.54) is 12.1 Å². The highest BCUT2D eigenvalue weighted by molar-refractivity contribution is 6.31. The van der Waals surface area contributed by atoms with Gasteiger partial charge in [-0.3, -0.25) is 0 Å².